The van der Waals surface area contributed by atoms with Gasteiger partial charge in [0.15, 0.2) is 0 Å². The molecule has 0 fully saturated rings. The molecule has 1 aromatic heterocycles. The van der Waals surface area contributed by atoms with Gasteiger partial charge < -0.3 is 5.73 Å². The summed E-state index contributed by atoms with van der Waals surface area (Å²) in [5.41, 5.74) is 10.5. The molecule has 0 saturated heterocycles. The van der Waals surface area contributed by atoms with Crippen LogP contribution in [0.4, 0.5) is 0 Å². The number of nitrogens with two attached hydrogens (primary N) is 1. The van der Waals surface area contributed by atoms with E-state index in [-0.39, 0.29) is 0 Å². The summed E-state index contributed by atoms with van der Waals surface area (Å²) in [7, 11) is 1.95. The maximum atomic E-state index is 5.63. The summed E-state index contributed by atoms with van der Waals surface area (Å²) in [5, 5.41) is 4.47. The minimum absolute atomic E-state index is 0.566. The van der Waals surface area contributed by atoms with Crippen LogP contribution in [0.15, 0.2) is 30.5 Å². The maximum Gasteiger partial charge on any atom is 0.0715 e. The summed E-state index contributed by atoms with van der Waals surface area (Å²) >= 11 is 0. The van der Waals surface area contributed by atoms with Crippen molar-refractivity contribution in [1.82, 2.24) is 9.78 Å². The van der Waals surface area contributed by atoms with E-state index in [1.807, 2.05) is 11.7 Å². The van der Waals surface area contributed by atoms with E-state index in [9.17, 15) is 0 Å². The molecule has 0 saturated carbocycles. The highest BCUT2D eigenvalue weighted by molar-refractivity contribution is 5.65. The van der Waals surface area contributed by atoms with Crippen molar-refractivity contribution < 1.29 is 0 Å². The Bertz CT molecular complexity index is 509. The van der Waals surface area contributed by atoms with Crippen molar-refractivity contribution in [3.05, 3.63) is 41.7 Å². The molecule has 0 aliphatic rings. The minimum Gasteiger partial charge on any atom is -0.330 e. The van der Waals surface area contributed by atoms with Gasteiger partial charge >= 0.3 is 0 Å². The first kappa shape index (κ1) is 12.8. The van der Waals surface area contributed by atoms with Crippen LogP contribution >= 0.6 is 0 Å². The molecule has 0 atom stereocenters. The van der Waals surface area contributed by atoms with Gasteiger partial charge in [-0.3, -0.25) is 4.68 Å². The number of hydrogen-bond acceptors (Lipinski definition) is 2. The lowest BCUT2D eigenvalue weighted by Crippen LogP contribution is -2.04. The fourth-order valence-electron chi connectivity index (χ4n) is 2.14. The molecule has 2 rings (SSSR count). The second kappa shape index (κ2) is 5.36. The maximum absolute atomic E-state index is 5.63. The lowest BCUT2D eigenvalue weighted by Gasteiger charge is -2.06. The Kier molecular flexibility index (Phi) is 3.82. The molecule has 0 amide bonds. The van der Waals surface area contributed by atoms with Gasteiger partial charge in [0.1, 0.15) is 0 Å². The lowest BCUT2D eigenvalue weighted by molar-refractivity contribution is 0.739. The normalized spacial score (nSPS) is 11.2. The second-order valence-corrected chi connectivity index (χ2v) is 4.98. The Morgan fingerprint density at radius 2 is 1.89 bits per heavy atom. The van der Waals surface area contributed by atoms with E-state index in [1.54, 1.807) is 0 Å². The summed E-state index contributed by atoms with van der Waals surface area (Å²) < 4.78 is 1.86. The molecule has 0 radical (unpaired) electrons. The van der Waals surface area contributed by atoms with Crippen LogP contribution in [-0.4, -0.2) is 16.3 Å². The van der Waals surface area contributed by atoms with Crippen LogP contribution in [0.3, 0.4) is 0 Å². The van der Waals surface area contributed by atoms with E-state index in [0.717, 1.165) is 12.1 Å². The van der Waals surface area contributed by atoms with Crippen LogP contribution in [0.25, 0.3) is 11.1 Å². The van der Waals surface area contributed by atoms with Gasteiger partial charge in [0.05, 0.1) is 5.69 Å². The van der Waals surface area contributed by atoms with Gasteiger partial charge in [-0.05, 0) is 23.6 Å². The first-order chi connectivity index (χ1) is 8.61. The van der Waals surface area contributed by atoms with E-state index in [1.165, 1.54) is 16.7 Å². The number of aromatic nitrogens is 2. The molecule has 0 aliphatic carbocycles. The third-order valence-electron chi connectivity index (χ3n) is 3.17. The van der Waals surface area contributed by atoms with Crippen LogP contribution in [0.1, 0.15) is 31.0 Å². The molecule has 3 heteroatoms. The number of nitrogens with zero attached hydrogens (tertiary/aromatic N) is 2. The van der Waals surface area contributed by atoms with Gasteiger partial charge in [-0.2, -0.15) is 5.10 Å². The molecule has 0 spiro atoms. The summed E-state index contributed by atoms with van der Waals surface area (Å²) in [4.78, 5) is 0. The molecule has 96 valence electrons. The summed E-state index contributed by atoms with van der Waals surface area (Å²) in [5.74, 6) is 0.566. The Morgan fingerprint density at radius 1 is 1.22 bits per heavy atom. The number of benzene rings is 1. The average Bonchev–Trinajstić information content (AvgIpc) is 2.71. The first-order valence-electron chi connectivity index (χ1n) is 6.44. The van der Waals surface area contributed by atoms with Gasteiger partial charge in [-0.1, -0.05) is 38.1 Å². The predicted octanol–water partition coefficient (Wildman–Crippen LogP) is 2.71. The van der Waals surface area contributed by atoms with Crippen LogP contribution < -0.4 is 5.73 Å². The predicted molar refractivity (Wildman–Crippen MR) is 75.5 cm³/mol. The molecule has 0 aliphatic heterocycles. The monoisotopic (exact) mass is 243 g/mol. The van der Waals surface area contributed by atoms with Crippen LogP contribution in [0, 0.1) is 0 Å². The van der Waals surface area contributed by atoms with Crippen LogP contribution in [-0.2, 0) is 13.5 Å². The standard InChI is InChI=1S/C15H21N3/c1-11(2)12-4-6-13(7-5-12)14-10-18(3)17-15(14)8-9-16/h4-7,10-11H,8-9,16H2,1-3H3. The van der Waals surface area contributed by atoms with Crippen molar-refractivity contribution in [3.8, 4) is 11.1 Å². The third kappa shape index (κ3) is 2.62. The molecule has 1 aromatic carbocycles. The molecule has 18 heavy (non-hydrogen) atoms. The highest BCUT2D eigenvalue weighted by Crippen LogP contribution is 2.25. The summed E-state index contributed by atoms with van der Waals surface area (Å²) in [6, 6.07) is 8.73. The van der Waals surface area contributed by atoms with Crippen molar-refractivity contribution in [2.45, 2.75) is 26.2 Å². The van der Waals surface area contributed by atoms with Gasteiger partial charge in [0, 0.05) is 25.2 Å². The van der Waals surface area contributed by atoms with Crippen LogP contribution in [0.5, 0.6) is 0 Å². The highest BCUT2D eigenvalue weighted by atomic mass is 15.2. The fourth-order valence-corrected chi connectivity index (χ4v) is 2.14. The van der Waals surface area contributed by atoms with Gasteiger partial charge in [-0.25, -0.2) is 0 Å². The molecule has 0 unspecified atom stereocenters. The van der Waals surface area contributed by atoms with Gasteiger partial charge in [-0.15, -0.1) is 0 Å². The largest absolute Gasteiger partial charge is 0.330 e. The van der Waals surface area contributed by atoms with E-state index in [4.69, 9.17) is 5.73 Å². The Balaban J connectivity index is 2.35. The topological polar surface area (TPSA) is 43.8 Å². The van der Waals surface area contributed by atoms with Gasteiger partial charge in [0.25, 0.3) is 0 Å². The minimum atomic E-state index is 0.566. The van der Waals surface area contributed by atoms with Crippen molar-refractivity contribution in [2.24, 2.45) is 12.8 Å². The molecule has 0 bridgehead atoms. The van der Waals surface area contributed by atoms with Crippen molar-refractivity contribution in [2.75, 3.05) is 6.54 Å². The second-order valence-electron chi connectivity index (χ2n) is 4.98. The number of aryl methyl sites for hydroxylation is 1. The fraction of sp³-hybridized carbons (Fsp3) is 0.400. The van der Waals surface area contributed by atoms with Gasteiger partial charge in [0.2, 0.25) is 0 Å². The first-order valence-corrected chi connectivity index (χ1v) is 6.44. The average molecular weight is 243 g/mol. The summed E-state index contributed by atoms with van der Waals surface area (Å²) in [6.45, 7) is 5.05. The zero-order chi connectivity index (χ0) is 13.1. The highest BCUT2D eigenvalue weighted by Gasteiger charge is 2.09. The van der Waals surface area contributed by atoms with E-state index in [0.29, 0.717) is 12.5 Å². The van der Waals surface area contributed by atoms with Crippen molar-refractivity contribution in [1.29, 1.82) is 0 Å². The van der Waals surface area contributed by atoms with Crippen molar-refractivity contribution in [3.63, 3.8) is 0 Å². The third-order valence-corrected chi connectivity index (χ3v) is 3.17. The SMILES string of the molecule is CC(C)c1ccc(-c2cn(C)nc2CCN)cc1. The van der Waals surface area contributed by atoms with Crippen molar-refractivity contribution >= 4 is 0 Å². The zero-order valence-corrected chi connectivity index (χ0v) is 11.4. The molecule has 1 heterocycles. The van der Waals surface area contributed by atoms with E-state index in [2.05, 4.69) is 49.4 Å². The molecular formula is C15H21N3. The Hall–Kier alpha value is -1.61. The number of hydrogen-bond donors (Lipinski definition) is 1. The quantitative estimate of drug-likeness (QED) is 0.897. The molecule has 3 nitrogen and oxygen atoms in total. The molecular weight excluding hydrogens is 222 g/mol. The zero-order valence-electron chi connectivity index (χ0n) is 11.4. The molecule has 2 aromatic rings. The molecule has 2 N–H and O–H groups in total. The Labute approximate surface area is 109 Å². The Morgan fingerprint density at radius 3 is 2.44 bits per heavy atom. The summed E-state index contributed by atoms with van der Waals surface area (Å²) in [6.07, 6.45) is 2.89. The number of rotatable bonds is 4. The smallest absolute Gasteiger partial charge is 0.0715 e. The van der Waals surface area contributed by atoms with E-state index < -0.39 is 0 Å². The van der Waals surface area contributed by atoms with Crippen LogP contribution in [0.2, 0.25) is 0 Å². The lowest BCUT2D eigenvalue weighted by atomic mass is 9.98. The van der Waals surface area contributed by atoms with E-state index >= 15 is 0 Å².